The first-order valence-corrected chi connectivity index (χ1v) is 6.88. The number of rotatable bonds is 5. The molecule has 0 spiro atoms. The molecule has 96 valence electrons. The summed E-state index contributed by atoms with van der Waals surface area (Å²) in [6, 6.07) is 2.27. The molecule has 0 radical (unpaired) electrons. The highest BCUT2D eigenvalue weighted by molar-refractivity contribution is 5.01. The Hall–Kier alpha value is -0.590. The van der Waals surface area contributed by atoms with Gasteiger partial charge in [0.05, 0.1) is 11.7 Å². The van der Waals surface area contributed by atoms with E-state index in [2.05, 4.69) is 18.3 Å². The van der Waals surface area contributed by atoms with Crippen molar-refractivity contribution in [3.8, 4) is 6.07 Å². The Morgan fingerprint density at radius 3 is 2.41 bits per heavy atom. The standard InChI is InChI=1S/C14H24N2O/c1-12-2-4-14(17,5-3-12)11-16-10-13(6-7-13)8-9-15/h12,16-17H,2-8,10-11H2,1H3. The van der Waals surface area contributed by atoms with Crippen LogP contribution in [0.4, 0.5) is 0 Å². The summed E-state index contributed by atoms with van der Waals surface area (Å²) in [7, 11) is 0. The molecule has 2 rings (SSSR count). The van der Waals surface area contributed by atoms with Gasteiger partial charge in [0.1, 0.15) is 0 Å². The van der Waals surface area contributed by atoms with Gasteiger partial charge in [-0.1, -0.05) is 6.92 Å². The highest BCUT2D eigenvalue weighted by Crippen LogP contribution is 2.47. The molecule has 2 saturated carbocycles. The second kappa shape index (κ2) is 4.96. The number of hydrogen-bond acceptors (Lipinski definition) is 3. The van der Waals surface area contributed by atoms with Crippen LogP contribution in [0.5, 0.6) is 0 Å². The third kappa shape index (κ3) is 3.43. The van der Waals surface area contributed by atoms with Gasteiger partial charge in [0.2, 0.25) is 0 Å². The zero-order valence-electron chi connectivity index (χ0n) is 10.8. The Balaban J connectivity index is 1.70. The molecule has 0 aromatic rings. The fourth-order valence-corrected chi connectivity index (χ4v) is 2.80. The minimum absolute atomic E-state index is 0.243. The summed E-state index contributed by atoms with van der Waals surface area (Å²) in [5.74, 6) is 0.767. The van der Waals surface area contributed by atoms with Crippen LogP contribution in [0.15, 0.2) is 0 Å². The molecular formula is C14H24N2O. The lowest BCUT2D eigenvalue weighted by Crippen LogP contribution is -2.44. The highest BCUT2D eigenvalue weighted by atomic mass is 16.3. The fourth-order valence-electron chi connectivity index (χ4n) is 2.80. The van der Waals surface area contributed by atoms with E-state index in [-0.39, 0.29) is 5.41 Å². The van der Waals surface area contributed by atoms with Gasteiger partial charge < -0.3 is 10.4 Å². The maximum absolute atomic E-state index is 10.4. The second-order valence-corrected chi connectivity index (χ2v) is 6.35. The van der Waals surface area contributed by atoms with Crippen LogP contribution in [-0.2, 0) is 0 Å². The van der Waals surface area contributed by atoms with Crippen molar-refractivity contribution >= 4 is 0 Å². The summed E-state index contributed by atoms with van der Waals surface area (Å²) in [5.41, 5.74) is -0.248. The van der Waals surface area contributed by atoms with Gasteiger partial charge in [-0.05, 0) is 49.9 Å². The molecule has 0 atom stereocenters. The average molecular weight is 236 g/mol. The molecule has 2 fully saturated rings. The zero-order valence-corrected chi connectivity index (χ0v) is 10.8. The zero-order chi connectivity index (χ0) is 12.4. The quantitative estimate of drug-likeness (QED) is 0.769. The van der Waals surface area contributed by atoms with Crippen molar-refractivity contribution in [2.75, 3.05) is 13.1 Å². The number of aliphatic hydroxyl groups is 1. The Kier molecular flexibility index (Phi) is 3.75. The topological polar surface area (TPSA) is 56.0 Å². The SMILES string of the molecule is CC1CCC(O)(CNCC2(CC#N)CC2)CC1. The molecule has 17 heavy (non-hydrogen) atoms. The summed E-state index contributed by atoms with van der Waals surface area (Å²) in [5, 5.41) is 22.5. The van der Waals surface area contributed by atoms with Gasteiger partial charge in [0.25, 0.3) is 0 Å². The average Bonchev–Trinajstić information content (AvgIpc) is 3.04. The number of nitrogens with one attached hydrogen (secondary N) is 1. The van der Waals surface area contributed by atoms with E-state index >= 15 is 0 Å². The Bertz CT molecular complexity index is 296. The molecule has 3 heteroatoms. The summed E-state index contributed by atoms with van der Waals surface area (Å²) in [6.45, 7) is 3.87. The van der Waals surface area contributed by atoms with Crippen LogP contribution in [0.25, 0.3) is 0 Å². The number of hydrogen-bond donors (Lipinski definition) is 2. The molecule has 0 bridgehead atoms. The molecule has 0 saturated heterocycles. The fraction of sp³-hybridized carbons (Fsp3) is 0.929. The van der Waals surface area contributed by atoms with Crippen molar-refractivity contribution < 1.29 is 5.11 Å². The molecular weight excluding hydrogens is 212 g/mol. The van der Waals surface area contributed by atoms with Crippen LogP contribution in [0.3, 0.4) is 0 Å². The molecule has 0 unspecified atom stereocenters. The molecule has 0 amide bonds. The van der Waals surface area contributed by atoms with Gasteiger partial charge in [-0.25, -0.2) is 0 Å². The molecule has 2 N–H and O–H groups in total. The first-order valence-electron chi connectivity index (χ1n) is 6.88. The first-order chi connectivity index (χ1) is 8.08. The van der Waals surface area contributed by atoms with E-state index < -0.39 is 5.60 Å². The van der Waals surface area contributed by atoms with Gasteiger partial charge in [-0.15, -0.1) is 0 Å². The molecule has 0 aliphatic heterocycles. The van der Waals surface area contributed by atoms with E-state index in [1.807, 2.05) is 0 Å². The van der Waals surface area contributed by atoms with Crippen molar-refractivity contribution in [1.29, 1.82) is 5.26 Å². The summed E-state index contributed by atoms with van der Waals surface area (Å²) in [6.07, 6.45) is 7.13. The first kappa shape index (κ1) is 12.9. The monoisotopic (exact) mass is 236 g/mol. The van der Waals surface area contributed by atoms with E-state index in [0.29, 0.717) is 13.0 Å². The van der Waals surface area contributed by atoms with Crippen molar-refractivity contribution in [2.24, 2.45) is 11.3 Å². The maximum atomic E-state index is 10.4. The van der Waals surface area contributed by atoms with E-state index in [9.17, 15) is 5.11 Å². The molecule has 2 aliphatic carbocycles. The van der Waals surface area contributed by atoms with Gasteiger partial charge in [0, 0.05) is 19.5 Å². The van der Waals surface area contributed by atoms with E-state index in [1.54, 1.807) is 0 Å². The lowest BCUT2D eigenvalue weighted by molar-refractivity contribution is -0.00677. The molecule has 2 aliphatic rings. The number of nitrogens with zero attached hydrogens (tertiary/aromatic N) is 1. The minimum atomic E-state index is -0.491. The van der Waals surface area contributed by atoms with Crippen LogP contribution < -0.4 is 5.32 Å². The third-order valence-electron chi connectivity index (χ3n) is 4.57. The Morgan fingerprint density at radius 1 is 1.24 bits per heavy atom. The van der Waals surface area contributed by atoms with Gasteiger partial charge >= 0.3 is 0 Å². The second-order valence-electron chi connectivity index (χ2n) is 6.35. The summed E-state index contributed by atoms with van der Waals surface area (Å²) < 4.78 is 0. The Labute approximate surface area is 104 Å². The van der Waals surface area contributed by atoms with Crippen LogP contribution in [-0.4, -0.2) is 23.8 Å². The lowest BCUT2D eigenvalue weighted by Gasteiger charge is -2.35. The van der Waals surface area contributed by atoms with Crippen molar-refractivity contribution in [2.45, 2.75) is 57.5 Å². The largest absolute Gasteiger partial charge is 0.389 e. The van der Waals surface area contributed by atoms with E-state index in [0.717, 1.165) is 38.1 Å². The molecule has 0 aromatic carbocycles. The smallest absolute Gasteiger partial charge is 0.0771 e. The van der Waals surface area contributed by atoms with Crippen LogP contribution in [0, 0.1) is 22.7 Å². The van der Waals surface area contributed by atoms with Crippen molar-refractivity contribution in [1.82, 2.24) is 5.32 Å². The van der Waals surface area contributed by atoms with Crippen molar-refractivity contribution in [3.63, 3.8) is 0 Å². The highest BCUT2D eigenvalue weighted by Gasteiger charge is 2.42. The van der Waals surface area contributed by atoms with E-state index in [4.69, 9.17) is 5.26 Å². The Morgan fingerprint density at radius 2 is 1.88 bits per heavy atom. The third-order valence-corrected chi connectivity index (χ3v) is 4.57. The lowest BCUT2D eigenvalue weighted by atomic mass is 9.79. The summed E-state index contributed by atoms with van der Waals surface area (Å²) in [4.78, 5) is 0. The van der Waals surface area contributed by atoms with Gasteiger partial charge in [-0.2, -0.15) is 5.26 Å². The van der Waals surface area contributed by atoms with Crippen LogP contribution >= 0.6 is 0 Å². The molecule has 3 nitrogen and oxygen atoms in total. The van der Waals surface area contributed by atoms with Crippen LogP contribution in [0.2, 0.25) is 0 Å². The maximum Gasteiger partial charge on any atom is 0.0771 e. The van der Waals surface area contributed by atoms with Crippen LogP contribution in [0.1, 0.15) is 51.9 Å². The van der Waals surface area contributed by atoms with Gasteiger partial charge in [-0.3, -0.25) is 0 Å². The normalized spacial score (nSPS) is 35.2. The molecule has 0 heterocycles. The minimum Gasteiger partial charge on any atom is -0.389 e. The predicted octanol–water partition coefficient (Wildman–Crippen LogP) is 2.21. The van der Waals surface area contributed by atoms with E-state index in [1.165, 1.54) is 12.8 Å². The predicted molar refractivity (Wildman–Crippen MR) is 67.3 cm³/mol. The number of nitriles is 1. The van der Waals surface area contributed by atoms with Gasteiger partial charge in [0.15, 0.2) is 0 Å². The summed E-state index contributed by atoms with van der Waals surface area (Å²) >= 11 is 0. The molecule has 0 aromatic heterocycles. The van der Waals surface area contributed by atoms with Crippen molar-refractivity contribution in [3.05, 3.63) is 0 Å².